The third-order valence-electron chi connectivity index (χ3n) is 2.44. The summed E-state index contributed by atoms with van der Waals surface area (Å²) in [5.74, 6) is -1.52. The zero-order valence-electron chi connectivity index (χ0n) is 9.13. The van der Waals surface area contributed by atoms with Crippen molar-refractivity contribution in [2.45, 2.75) is 10.9 Å². The van der Waals surface area contributed by atoms with Crippen LogP contribution in [0.4, 0.5) is 4.39 Å². The van der Waals surface area contributed by atoms with Crippen molar-refractivity contribution in [2.24, 2.45) is 0 Å². The van der Waals surface area contributed by atoms with Crippen LogP contribution in [0, 0.1) is 5.82 Å². The van der Waals surface area contributed by atoms with Gasteiger partial charge in [0.2, 0.25) is 0 Å². The second-order valence-electron chi connectivity index (χ2n) is 3.90. The van der Waals surface area contributed by atoms with Crippen molar-refractivity contribution in [3.8, 4) is 0 Å². The first kappa shape index (κ1) is 13.1. The van der Waals surface area contributed by atoms with E-state index in [2.05, 4.69) is 17.9 Å². The van der Waals surface area contributed by atoms with Gasteiger partial charge in [-0.1, -0.05) is 0 Å². The fourth-order valence-electron chi connectivity index (χ4n) is 1.60. The molecule has 0 radical (unpaired) electrons. The largest absolute Gasteiger partial charge is 0.345 e. The minimum Gasteiger partial charge on any atom is -0.345 e. The number of amides is 1. The molecule has 0 fully saturated rings. The third-order valence-corrected chi connectivity index (χ3v) is 4.11. The lowest BCUT2D eigenvalue weighted by Crippen LogP contribution is -2.35. The number of nitrogens with one attached hydrogen (secondary N) is 1. The van der Waals surface area contributed by atoms with Crippen molar-refractivity contribution < 1.29 is 17.6 Å². The zero-order valence-corrected chi connectivity index (χ0v) is 10.8. The maximum atomic E-state index is 13.4. The van der Waals surface area contributed by atoms with Crippen LogP contribution in [0.5, 0.6) is 0 Å². The van der Waals surface area contributed by atoms with Crippen molar-refractivity contribution in [3.63, 3.8) is 0 Å². The van der Waals surface area contributed by atoms with Crippen LogP contribution < -0.4 is 5.32 Å². The Balaban J connectivity index is 2.14. The van der Waals surface area contributed by atoms with Gasteiger partial charge in [-0.15, -0.1) is 12.6 Å². The normalized spacial score (nSPS) is 20.9. The van der Waals surface area contributed by atoms with Gasteiger partial charge in [-0.05, 0) is 24.3 Å². The SMILES string of the molecule is O=C(NC1C=CS(=O)(=O)C1)c1cc(S)ccc1F. The first-order valence-electron chi connectivity index (χ1n) is 5.08. The molecule has 1 aliphatic heterocycles. The van der Waals surface area contributed by atoms with Gasteiger partial charge in [-0.3, -0.25) is 4.79 Å². The predicted octanol–water partition coefficient (Wildman–Crippen LogP) is 1.15. The molecule has 96 valence electrons. The Morgan fingerprint density at radius 3 is 2.78 bits per heavy atom. The number of rotatable bonds is 2. The Morgan fingerprint density at radius 2 is 2.17 bits per heavy atom. The fourth-order valence-corrected chi connectivity index (χ4v) is 3.04. The van der Waals surface area contributed by atoms with E-state index in [-0.39, 0.29) is 11.3 Å². The lowest BCUT2D eigenvalue weighted by atomic mass is 10.2. The maximum Gasteiger partial charge on any atom is 0.254 e. The number of benzene rings is 1. The van der Waals surface area contributed by atoms with Gasteiger partial charge in [0.1, 0.15) is 5.82 Å². The van der Waals surface area contributed by atoms with E-state index in [4.69, 9.17) is 0 Å². The average Bonchev–Trinajstić information content (AvgIpc) is 2.61. The summed E-state index contributed by atoms with van der Waals surface area (Å²) < 4.78 is 35.7. The molecule has 7 heteroatoms. The number of sulfone groups is 1. The highest BCUT2D eigenvalue weighted by atomic mass is 32.2. The van der Waals surface area contributed by atoms with Crippen molar-refractivity contribution in [3.05, 3.63) is 41.1 Å². The summed E-state index contributed by atoms with van der Waals surface area (Å²) in [6.07, 6.45) is 1.37. The first-order valence-corrected chi connectivity index (χ1v) is 7.24. The van der Waals surface area contributed by atoms with E-state index in [1.54, 1.807) is 0 Å². The minimum absolute atomic E-state index is 0.153. The molecule has 1 aromatic rings. The molecule has 0 bridgehead atoms. The molecule has 1 atom stereocenters. The topological polar surface area (TPSA) is 63.2 Å². The van der Waals surface area contributed by atoms with Gasteiger partial charge in [0.05, 0.1) is 17.4 Å². The summed E-state index contributed by atoms with van der Waals surface area (Å²) in [4.78, 5) is 12.2. The van der Waals surface area contributed by atoms with Crippen LogP contribution >= 0.6 is 12.6 Å². The molecule has 0 saturated heterocycles. The molecular formula is C11H10FNO3S2. The second kappa shape index (κ2) is 4.74. The molecule has 1 aliphatic rings. The number of halogens is 1. The average molecular weight is 287 g/mol. The number of carbonyl (C=O) groups excluding carboxylic acids is 1. The molecule has 0 aliphatic carbocycles. The Hall–Kier alpha value is -1.34. The summed E-state index contributed by atoms with van der Waals surface area (Å²) in [5.41, 5.74) is -0.153. The molecule has 1 heterocycles. The minimum atomic E-state index is -3.25. The second-order valence-corrected chi connectivity index (χ2v) is 6.35. The van der Waals surface area contributed by atoms with E-state index in [0.717, 1.165) is 11.5 Å². The summed E-state index contributed by atoms with van der Waals surface area (Å²) in [6.45, 7) is 0. The van der Waals surface area contributed by atoms with Crippen LogP contribution in [0.3, 0.4) is 0 Å². The highest BCUT2D eigenvalue weighted by Gasteiger charge is 2.24. The van der Waals surface area contributed by atoms with E-state index in [9.17, 15) is 17.6 Å². The maximum absolute atomic E-state index is 13.4. The van der Waals surface area contributed by atoms with Crippen LogP contribution in [0.15, 0.2) is 34.6 Å². The van der Waals surface area contributed by atoms with Gasteiger partial charge in [-0.25, -0.2) is 12.8 Å². The summed E-state index contributed by atoms with van der Waals surface area (Å²) in [6, 6.07) is 3.24. The van der Waals surface area contributed by atoms with Gasteiger partial charge in [0.25, 0.3) is 5.91 Å². The van der Waals surface area contributed by atoms with E-state index in [1.165, 1.54) is 18.2 Å². The molecule has 1 N–H and O–H groups in total. The molecular weight excluding hydrogens is 277 g/mol. The Labute approximate surface area is 109 Å². The van der Waals surface area contributed by atoms with E-state index >= 15 is 0 Å². The molecule has 2 rings (SSSR count). The number of hydrogen-bond donors (Lipinski definition) is 2. The Bertz CT molecular complexity index is 625. The molecule has 4 nitrogen and oxygen atoms in total. The predicted molar refractivity (Wildman–Crippen MR) is 67.8 cm³/mol. The smallest absolute Gasteiger partial charge is 0.254 e. The van der Waals surface area contributed by atoms with E-state index < -0.39 is 27.6 Å². The molecule has 0 aromatic heterocycles. The summed E-state index contributed by atoms with van der Waals surface area (Å²) in [5, 5.41) is 3.48. The van der Waals surface area contributed by atoms with Gasteiger partial charge >= 0.3 is 0 Å². The molecule has 1 aromatic carbocycles. The lowest BCUT2D eigenvalue weighted by Gasteiger charge is -2.10. The monoisotopic (exact) mass is 287 g/mol. The number of hydrogen-bond acceptors (Lipinski definition) is 4. The third kappa shape index (κ3) is 2.91. The molecule has 0 saturated carbocycles. The lowest BCUT2D eigenvalue weighted by molar-refractivity contribution is 0.0943. The van der Waals surface area contributed by atoms with Gasteiger partial charge in [-0.2, -0.15) is 0 Å². The van der Waals surface area contributed by atoms with Gasteiger partial charge < -0.3 is 5.32 Å². The van der Waals surface area contributed by atoms with Crippen molar-refractivity contribution in [2.75, 3.05) is 5.75 Å². The van der Waals surface area contributed by atoms with Gasteiger partial charge in [0, 0.05) is 10.3 Å². The number of thiol groups is 1. The van der Waals surface area contributed by atoms with Crippen LogP contribution in [0.25, 0.3) is 0 Å². The number of carbonyl (C=O) groups is 1. The summed E-state index contributed by atoms with van der Waals surface area (Å²) in [7, 11) is -3.25. The van der Waals surface area contributed by atoms with Crippen LogP contribution in [-0.4, -0.2) is 26.1 Å². The highest BCUT2D eigenvalue weighted by Crippen LogP contribution is 2.15. The standard InChI is InChI=1S/C11H10FNO3S2/c12-10-2-1-8(17)5-9(10)11(14)13-7-3-4-18(15,16)6-7/h1-5,7,17H,6H2,(H,13,14). The quantitative estimate of drug-likeness (QED) is 0.802. The van der Waals surface area contributed by atoms with Crippen molar-refractivity contribution in [1.82, 2.24) is 5.32 Å². The van der Waals surface area contributed by atoms with E-state index in [0.29, 0.717) is 4.90 Å². The molecule has 1 unspecified atom stereocenters. The Kier molecular flexibility index (Phi) is 3.45. The van der Waals surface area contributed by atoms with Crippen LogP contribution in [0.2, 0.25) is 0 Å². The van der Waals surface area contributed by atoms with Crippen LogP contribution in [-0.2, 0) is 9.84 Å². The molecule has 0 spiro atoms. The fraction of sp³-hybridized carbons (Fsp3) is 0.182. The van der Waals surface area contributed by atoms with Crippen molar-refractivity contribution in [1.29, 1.82) is 0 Å². The Morgan fingerprint density at radius 1 is 1.44 bits per heavy atom. The first-order chi connectivity index (χ1) is 8.37. The highest BCUT2D eigenvalue weighted by molar-refractivity contribution is 7.94. The van der Waals surface area contributed by atoms with Crippen LogP contribution in [0.1, 0.15) is 10.4 Å². The molecule has 1 amide bonds. The van der Waals surface area contributed by atoms with Gasteiger partial charge in [0.15, 0.2) is 9.84 Å². The van der Waals surface area contributed by atoms with E-state index in [1.807, 2.05) is 0 Å². The zero-order chi connectivity index (χ0) is 13.3. The van der Waals surface area contributed by atoms with Crippen molar-refractivity contribution >= 4 is 28.4 Å². The summed E-state index contributed by atoms with van der Waals surface area (Å²) >= 11 is 4.02. The molecule has 18 heavy (non-hydrogen) atoms.